The van der Waals surface area contributed by atoms with Crippen LogP contribution in [-0.4, -0.2) is 29.9 Å². The number of benzene rings is 10. The van der Waals surface area contributed by atoms with Crippen LogP contribution in [0, 0.1) is 0 Å². The van der Waals surface area contributed by atoms with Gasteiger partial charge in [-0.1, -0.05) is 231 Å². The Labute approximate surface area is 426 Å². The zero-order chi connectivity index (χ0) is 48.8. The molecule has 0 aliphatic carbocycles. The fraction of sp³-hybridized carbons (Fsp3) is 0. The van der Waals surface area contributed by atoms with Crippen LogP contribution in [0.1, 0.15) is 0 Å². The van der Waals surface area contributed by atoms with Crippen molar-refractivity contribution in [1.82, 2.24) is 29.9 Å². The summed E-state index contributed by atoms with van der Waals surface area (Å²) < 4.78 is 0. The minimum absolute atomic E-state index is 0.606. The van der Waals surface area contributed by atoms with E-state index in [9.17, 15) is 0 Å². The fourth-order valence-corrected chi connectivity index (χ4v) is 13.4. The summed E-state index contributed by atoms with van der Waals surface area (Å²) in [6.07, 6.45) is 0. The van der Waals surface area contributed by atoms with E-state index >= 15 is 0 Å². The molecule has 12 rings (SSSR count). The van der Waals surface area contributed by atoms with Gasteiger partial charge in [-0.15, -0.1) is 10.0 Å². The highest BCUT2D eigenvalue weighted by Gasteiger charge is 2.34. The van der Waals surface area contributed by atoms with Crippen molar-refractivity contribution in [1.29, 1.82) is 0 Å². The highest BCUT2D eigenvalue weighted by atomic mass is 32.3. The second kappa shape index (κ2) is 20.1. The van der Waals surface area contributed by atoms with Crippen molar-refractivity contribution in [3.05, 3.63) is 279 Å². The summed E-state index contributed by atoms with van der Waals surface area (Å²) in [5.41, 5.74) is 9.68. The van der Waals surface area contributed by atoms with E-state index in [-0.39, 0.29) is 0 Å². The van der Waals surface area contributed by atoms with E-state index < -0.39 is 10.0 Å². The summed E-state index contributed by atoms with van der Waals surface area (Å²) >= 11 is 0. The van der Waals surface area contributed by atoms with Gasteiger partial charge < -0.3 is 0 Å². The maximum atomic E-state index is 5.18. The van der Waals surface area contributed by atoms with Gasteiger partial charge >= 0.3 is 0 Å². The lowest BCUT2D eigenvalue weighted by Gasteiger charge is -2.42. The van der Waals surface area contributed by atoms with E-state index in [1.54, 1.807) is 0 Å². The Balaban J connectivity index is 1.04. The number of nitrogens with zero attached hydrogens (tertiary/aromatic N) is 6. The van der Waals surface area contributed by atoms with Crippen LogP contribution in [0.25, 0.3) is 90.6 Å². The third kappa shape index (κ3) is 8.90. The van der Waals surface area contributed by atoms with E-state index in [2.05, 4.69) is 158 Å². The summed E-state index contributed by atoms with van der Waals surface area (Å²) in [6.45, 7) is 0. The van der Waals surface area contributed by atoms with Crippen LogP contribution in [0.2, 0.25) is 0 Å². The van der Waals surface area contributed by atoms with Gasteiger partial charge in [0.1, 0.15) is 0 Å². The van der Waals surface area contributed by atoms with E-state index in [1.807, 2.05) is 121 Å². The van der Waals surface area contributed by atoms with Crippen LogP contribution >= 0.6 is 10.0 Å². The van der Waals surface area contributed by atoms with Crippen LogP contribution in [0.5, 0.6) is 0 Å². The molecule has 6 nitrogen and oxygen atoms in total. The molecular weight excluding hydrogens is 909 g/mol. The first kappa shape index (κ1) is 44.8. The SMILES string of the molecule is c1ccc(-c2nc(-c3ccccc3)nc(-c3ccccc3-c3cccc(S(c4ccccc4)(c4ccccc4)c4cccc(-c5ccccc5-c5nc(-c6ccccc6)nc(-c6ccccc6)n5)c4)c3)n2)cc1. The second-order valence-corrected chi connectivity index (χ2v) is 20.6. The van der Waals surface area contributed by atoms with E-state index in [0.717, 1.165) is 55.6 Å². The summed E-state index contributed by atoms with van der Waals surface area (Å²) in [5, 5.41) is 0. The molecule has 7 heteroatoms. The smallest absolute Gasteiger partial charge is 0.164 e. The molecule has 2 heterocycles. The lowest BCUT2D eigenvalue weighted by atomic mass is 9.99. The molecule has 0 amide bonds. The Morgan fingerprint density at radius 3 is 0.726 bits per heavy atom. The Morgan fingerprint density at radius 1 is 0.178 bits per heavy atom. The molecule has 0 atom stereocenters. The molecule has 0 bridgehead atoms. The first-order valence-electron chi connectivity index (χ1n) is 24.3. The van der Waals surface area contributed by atoms with Gasteiger partial charge in [-0.05, 0) is 70.8 Å². The predicted molar refractivity (Wildman–Crippen MR) is 297 cm³/mol. The second-order valence-electron chi connectivity index (χ2n) is 17.5. The van der Waals surface area contributed by atoms with Crippen LogP contribution in [-0.2, 0) is 0 Å². The Morgan fingerprint density at radius 2 is 0.411 bits per heavy atom. The van der Waals surface area contributed by atoms with Gasteiger partial charge in [0.25, 0.3) is 0 Å². The molecule has 0 unspecified atom stereocenters. The quantitative estimate of drug-likeness (QED) is 0.121. The van der Waals surface area contributed by atoms with Gasteiger partial charge in [-0.25, -0.2) is 29.9 Å². The van der Waals surface area contributed by atoms with E-state index in [0.29, 0.717) is 34.9 Å². The third-order valence-corrected chi connectivity index (χ3v) is 16.8. The Kier molecular flexibility index (Phi) is 12.3. The molecule has 2 aromatic heterocycles. The van der Waals surface area contributed by atoms with Gasteiger partial charge in [-0.2, -0.15) is 0 Å². The fourth-order valence-electron chi connectivity index (χ4n) is 9.49. The van der Waals surface area contributed by atoms with Crippen molar-refractivity contribution in [2.45, 2.75) is 19.6 Å². The first-order valence-corrected chi connectivity index (χ1v) is 25.9. The summed E-state index contributed by atoms with van der Waals surface area (Å²) in [6, 6.07) is 97.5. The zero-order valence-corrected chi connectivity index (χ0v) is 40.5. The molecule has 0 N–H and O–H groups in total. The molecule has 0 radical (unpaired) electrons. The monoisotopic (exact) mass is 954 g/mol. The first-order chi connectivity index (χ1) is 36.2. The van der Waals surface area contributed by atoms with Crippen molar-refractivity contribution in [2.24, 2.45) is 0 Å². The van der Waals surface area contributed by atoms with Crippen molar-refractivity contribution in [2.75, 3.05) is 0 Å². The number of aromatic nitrogens is 6. The van der Waals surface area contributed by atoms with Gasteiger partial charge in [0.05, 0.1) is 0 Å². The molecule has 12 aromatic rings. The van der Waals surface area contributed by atoms with Crippen molar-refractivity contribution < 1.29 is 0 Å². The standard InChI is InChI=1S/C66H46N6S/c1-7-25-47(26-8-1)61-67-62(48-27-9-2-10-28-48)70-65(69-61)59-43-21-19-41-57(59)51-33-23-39-55(45-51)73(53-35-15-5-16-36-53,54-37-17-6-18-38-54)56-40-24-34-52(46-56)58-42-20-22-44-60(58)66-71-63(49-29-11-3-12-30-49)68-64(72-66)50-31-13-4-14-32-50/h1-46H. The molecule has 73 heavy (non-hydrogen) atoms. The molecule has 10 aromatic carbocycles. The lowest BCUT2D eigenvalue weighted by molar-refractivity contribution is 1.07. The normalized spacial score (nSPS) is 11.5. The average Bonchev–Trinajstić information content (AvgIpc) is 3.49. The van der Waals surface area contributed by atoms with Crippen molar-refractivity contribution in [3.63, 3.8) is 0 Å². The highest BCUT2D eigenvalue weighted by molar-refractivity contribution is 8.34. The Bertz CT molecular complexity index is 3470. The zero-order valence-electron chi connectivity index (χ0n) is 39.6. The maximum Gasteiger partial charge on any atom is 0.164 e. The number of hydrogen-bond acceptors (Lipinski definition) is 6. The molecule has 0 spiro atoms. The topological polar surface area (TPSA) is 77.3 Å². The average molecular weight is 955 g/mol. The maximum absolute atomic E-state index is 5.18. The molecule has 0 fully saturated rings. The van der Waals surface area contributed by atoms with Crippen molar-refractivity contribution >= 4 is 10.0 Å². The molecule has 0 saturated carbocycles. The minimum Gasteiger partial charge on any atom is -0.208 e. The molecule has 0 aliphatic rings. The van der Waals surface area contributed by atoms with Gasteiger partial charge in [0.2, 0.25) is 0 Å². The van der Waals surface area contributed by atoms with Gasteiger partial charge in [0, 0.05) is 53.0 Å². The molecule has 0 saturated heterocycles. The lowest BCUT2D eigenvalue weighted by Crippen LogP contribution is -2.06. The molecule has 0 aliphatic heterocycles. The van der Waals surface area contributed by atoms with Gasteiger partial charge in [0.15, 0.2) is 34.9 Å². The predicted octanol–water partition coefficient (Wildman–Crippen LogP) is 16.7. The number of rotatable bonds is 12. The Hall–Kier alpha value is -9.43. The summed E-state index contributed by atoms with van der Waals surface area (Å²) in [7, 11) is -2.18. The highest BCUT2D eigenvalue weighted by Crippen LogP contribution is 2.74. The van der Waals surface area contributed by atoms with Crippen molar-refractivity contribution in [3.8, 4) is 90.6 Å². The van der Waals surface area contributed by atoms with Crippen LogP contribution in [0.3, 0.4) is 0 Å². The van der Waals surface area contributed by atoms with Gasteiger partial charge in [-0.3, -0.25) is 0 Å². The van der Waals surface area contributed by atoms with E-state index in [4.69, 9.17) is 29.9 Å². The molecule has 346 valence electrons. The minimum atomic E-state index is -2.18. The number of hydrogen-bond donors (Lipinski definition) is 0. The third-order valence-electron chi connectivity index (χ3n) is 12.9. The summed E-state index contributed by atoms with van der Waals surface area (Å²) in [5.74, 6) is 3.69. The largest absolute Gasteiger partial charge is 0.208 e. The van der Waals surface area contributed by atoms with Crippen LogP contribution in [0.4, 0.5) is 0 Å². The van der Waals surface area contributed by atoms with Crippen LogP contribution in [0.15, 0.2) is 299 Å². The van der Waals surface area contributed by atoms with E-state index in [1.165, 1.54) is 19.6 Å². The molecular formula is C66H46N6S. The van der Waals surface area contributed by atoms with Crippen LogP contribution < -0.4 is 0 Å². The summed E-state index contributed by atoms with van der Waals surface area (Å²) in [4.78, 5) is 35.5.